The molecular weight excluding hydrogens is 402 g/mol. The van der Waals surface area contributed by atoms with Gasteiger partial charge in [0.2, 0.25) is 11.8 Å². The first-order valence-corrected chi connectivity index (χ1v) is 10.6. The van der Waals surface area contributed by atoms with Crippen LogP contribution >= 0.6 is 0 Å². The maximum atomic E-state index is 12.6. The minimum absolute atomic E-state index is 0.122. The van der Waals surface area contributed by atoms with E-state index in [-0.39, 0.29) is 24.3 Å². The zero-order chi connectivity index (χ0) is 22.9. The highest BCUT2D eigenvalue weighted by Crippen LogP contribution is 2.23. The quantitative estimate of drug-likeness (QED) is 0.442. The van der Waals surface area contributed by atoms with Crippen LogP contribution in [0.4, 0.5) is 11.4 Å². The van der Waals surface area contributed by atoms with Gasteiger partial charge in [-0.25, -0.2) is 0 Å². The summed E-state index contributed by atoms with van der Waals surface area (Å²) in [6, 6.07) is 24.9. The van der Waals surface area contributed by atoms with Crippen LogP contribution in [0, 0.1) is 0 Å². The second kappa shape index (κ2) is 11.0. The first-order valence-electron chi connectivity index (χ1n) is 10.6. The van der Waals surface area contributed by atoms with Gasteiger partial charge in [0.05, 0.1) is 19.6 Å². The molecule has 6 heteroatoms. The maximum Gasteiger partial charge on any atom is 0.226 e. The Labute approximate surface area is 189 Å². The van der Waals surface area contributed by atoms with Gasteiger partial charge in [-0.2, -0.15) is 0 Å². The molecule has 0 aliphatic carbocycles. The van der Waals surface area contributed by atoms with E-state index in [2.05, 4.69) is 35.0 Å². The van der Waals surface area contributed by atoms with Gasteiger partial charge in [0, 0.05) is 24.3 Å². The average Bonchev–Trinajstić information content (AvgIpc) is 2.80. The van der Waals surface area contributed by atoms with Crippen LogP contribution in [0.3, 0.4) is 0 Å². The van der Waals surface area contributed by atoms with Crippen molar-refractivity contribution in [3.05, 3.63) is 90.0 Å². The van der Waals surface area contributed by atoms with Crippen molar-refractivity contribution in [1.29, 1.82) is 0 Å². The molecule has 32 heavy (non-hydrogen) atoms. The van der Waals surface area contributed by atoms with Crippen molar-refractivity contribution in [2.24, 2.45) is 0 Å². The van der Waals surface area contributed by atoms with Crippen LogP contribution in [-0.2, 0) is 9.59 Å². The van der Waals surface area contributed by atoms with Crippen LogP contribution in [0.1, 0.15) is 43.5 Å². The summed E-state index contributed by atoms with van der Waals surface area (Å²) in [5, 5.41) is 9.21. The number of methoxy groups -OCH3 is 1. The van der Waals surface area contributed by atoms with Crippen LogP contribution in [0.5, 0.6) is 5.75 Å². The third-order valence-electron chi connectivity index (χ3n) is 5.14. The minimum Gasteiger partial charge on any atom is -0.497 e. The fraction of sp³-hybridized carbons (Fsp3) is 0.231. The number of carbonyl (C=O) groups is 2. The zero-order valence-electron chi connectivity index (χ0n) is 18.6. The molecule has 0 aliphatic heterocycles. The molecule has 0 spiro atoms. The number of anilines is 2. The van der Waals surface area contributed by atoms with E-state index >= 15 is 0 Å². The highest BCUT2D eigenvalue weighted by molar-refractivity contribution is 5.91. The van der Waals surface area contributed by atoms with Crippen LogP contribution < -0.4 is 20.7 Å². The number of hydrogen-bond donors (Lipinski definition) is 3. The van der Waals surface area contributed by atoms with Gasteiger partial charge in [-0.15, -0.1) is 0 Å². The Bertz CT molecular complexity index is 1020. The summed E-state index contributed by atoms with van der Waals surface area (Å²) in [6.07, 6.45) is 0.122. The van der Waals surface area contributed by atoms with E-state index in [1.54, 1.807) is 7.11 Å². The number of amides is 2. The molecule has 0 saturated heterocycles. The Hall–Kier alpha value is -3.80. The Morgan fingerprint density at radius 2 is 1.47 bits per heavy atom. The largest absolute Gasteiger partial charge is 0.497 e. The third kappa shape index (κ3) is 6.60. The molecule has 0 aromatic heterocycles. The normalized spacial score (nSPS) is 12.3. The van der Waals surface area contributed by atoms with E-state index < -0.39 is 6.04 Å². The van der Waals surface area contributed by atoms with Gasteiger partial charge in [-0.05, 0) is 54.4 Å². The summed E-state index contributed by atoms with van der Waals surface area (Å²) in [6.45, 7) is 3.54. The molecule has 3 aromatic rings. The van der Waals surface area contributed by atoms with E-state index in [1.807, 2.05) is 66.7 Å². The molecule has 2 unspecified atom stereocenters. The lowest BCUT2D eigenvalue weighted by Gasteiger charge is -2.19. The molecular formula is C26H29N3O3. The lowest BCUT2D eigenvalue weighted by atomic mass is 10.0. The second-order valence-corrected chi connectivity index (χ2v) is 7.63. The first-order chi connectivity index (χ1) is 15.4. The van der Waals surface area contributed by atoms with Gasteiger partial charge in [0.15, 0.2) is 0 Å². The maximum absolute atomic E-state index is 12.6. The van der Waals surface area contributed by atoms with Crippen LogP contribution in [-0.4, -0.2) is 18.9 Å². The highest BCUT2D eigenvalue weighted by Gasteiger charge is 2.17. The molecule has 0 bridgehead atoms. The predicted molar refractivity (Wildman–Crippen MR) is 128 cm³/mol. The predicted octanol–water partition coefficient (Wildman–Crippen LogP) is 5.07. The summed E-state index contributed by atoms with van der Waals surface area (Å²) in [7, 11) is 1.59. The van der Waals surface area contributed by atoms with Gasteiger partial charge in [-0.1, -0.05) is 42.5 Å². The van der Waals surface area contributed by atoms with E-state index in [1.165, 1.54) is 12.5 Å². The summed E-state index contributed by atoms with van der Waals surface area (Å²) in [4.78, 5) is 24.3. The number of nitrogens with one attached hydrogen (secondary N) is 3. The molecule has 0 fully saturated rings. The molecule has 0 heterocycles. The highest BCUT2D eigenvalue weighted by atomic mass is 16.5. The number of hydrogen-bond acceptors (Lipinski definition) is 4. The molecule has 2 atom stereocenters. The monoisotopic (exact) mass is 431 g/mol. The Balaban J connectivity index is 1.60. The van der Waals surface area contributed by atoms with Gasteiger partial charge in [0.1, 0.15) is 5.75 Å². The zero-order valence-corrected chi connectivity index (χ0v) is 18.6. The molecule has 166 valence electrons. The summed E-state index contributed by atoms with van der Waals surface area (Å²) < 4.78 is 5.18. The number of ether oxygens (including phenoxy) is 1. The van der Waals surface area contributed by atoms with E-state index in [0.717, 1.165) is 17.0 Å². The van der Waals surface area contributed by atoms with E-state index in [0.29, 0.717) is 5.69 Å². The van der Waals surface area contributed by atoms with Crippen molar-refractivity contribution in [2.45, 2.75) is 32.4 Å². The smallest absolute Gasteiger partial charge is 0.226 e. The number of benzene rings is 3. The first kappa shape index (κ1) is 22.9. The summed E-state index contributed by atoms with van der Waals surface area (Å²) >= 11 is 0. The van der Waals surface area contributed by atoms with E-state index in [4.69, 9.17) is 4.74 Å². The molecule has 0 radical (unpaired) electrons. The van der Waals surface area contributed by atoms with Gasteiger partial charge in [0.25, 0.3) is 0 Å². The lowest BCUT2D eigenvalue weighted by Crippen LogP contribution is -2.29. The van der Waals surface area contributed by atoms with Crippen LogP contribution in [0.2, 0.25) is 0 Å². The van der Waals surface area contributed by atoms with Crippen LogP contribution in [0.25, 0.3) is 0 Å². The fourth-order valence-electron chi connectivity index (χ4n) is 3.46. The van der Waals surface area contributed by atoms with Crippen molar-refractivity contribution < 1.29 is 14.3 Å². The molecule has 0 aliphatic rings. The van der Waals surface area contributed by atoms with Gasteiger partial charge in [-0.3, -0.25) is 9.59 Å². The minimum atomic E-state index is -0.425. The molecule has 6 nitrogen and oxygen atoms in total. The Kier molecular flexibility index (Phi) is 7.86. The molecule has 3 N–H and O–H groups in total. The Morgan fingerprint density at radius 3 is 2.06 bits per heavy atom. The summed E-state index contributed by atoms with van der Waals surface area (Å²) in [5.74, 6) is 0.342. The van der Waals surface area contributed by atoms with Crippen molar-refractivity contribution in [3.63, 3.8) is 0 Å². The van der Waals surface area contributed by atoms with Crippen molar-refractivity contribution in [1.82, 2.24) is 5.32 Å². The van der Waals surface area contributed by atoms with Crippen molar-refractivity contribution >= 4 is 23.2 Å². The SMILES string of the molecule is COc1ccc(C(CC(=O)Nc2ccc(NC(C)c3ccccc3)cc2)NC(C)=O)cc1. The Morgan fingerprint density at radius 1 is 0.844 bits per heavy atom. The lowest BCUT2D eigenvalue weighted by molar-refractivity contribution is -0.120. The molecule has 0 saturated carbocycles. The van der Waals surface area contributed by atoms with Gasteiger partial charge >= 0.3 is 0 Å². The third-order valence-corrected chi connectivity index (χ3v) is 5.14. The standard InChI is InChI=1S/C26H29N3O3/c1-18(20-7-5-4-6-8-20)27-22-11-13-23(14-12-22)29-26(31)17-25(28-19(2)30)21-9-15-24(32-3)16-10-21/h4-16,18,25,27H,17H2,1-3H3,(H,28,30)(H,29,31). The fourth-order valence-corrected chi connectivity index (χ4v) is 3.46. The van der Waals surface area contributed by atoms with E-state index in [9.17, 15) is 9.59 Å². The van der Waals surface area contributed by atoms with Crippen LogP contribution in [0.15, 0.2) is 78.9 Å². The number of carbonyl (C=O) groups excluding carboxylic acids is 2. The van der Waals surface area contributed by atoms with Crippen molar-refractivity contribution in [3.8, 4) is 5.75 Å². The number of rotatable bonds is 9. The molecule has 3 rings (SSSR count). The topological polar surface area (TPSA) is 79.5 Å². The second-order valence-electron chi connectivity index (χ2n) is 7.63. The van der Waals surface area contributed by atoms with Gasteiger partial charge < -0.3 is 20.7 Å². The molecule has 3 aromatic carbocycles. The van der Waals surface area contributed by atoms with Crippen molar-refractivity contribution in [2.75, 3.05) is 17.7 Å². The summed E-state index contributed by atoms with van der Waals surface area (Å²) in [5.41, 5.74) is 3.70. The molecule has 2 amide bonds. The average molecular weight is 432 g/mol.